The van der Waals surface area contributed by atoms with Crippen LogP contribution >= 0.6 is 0 Å². The van der Waals surface area contributed by atoms with Crippen LogP contribution in [0.5, 0.6) is 11.5 Å². The van der Waals surface area contributed by atoms with Crippen LogP contribution in [0.15, 0.2) is 36.5 Å². The second-order valence-corrected chi connectivity index (χ2v) is 2.53. The van der Waals surface area contributed by atoms with Crippen molar-refractivity contribution >= 4 is 5.82 Å². The fourth-order valence-corrected chi connectivity index (χ4v) is 0.760. The van der Waals surface area contributed by atoms with Gasteiger partial charge in [-0.2, -0.15) is 5.10 Å². The van der Waals surface area contributed by atoms with E-state index in [0.29, 0.717) is 5.82 Å². The number of nitrogens with one attached hydrogen (secondary N) is 1. The van der Waals surface area contributed by atoms with Crippen LogP contribution in [-0.2, 0) is 0 Å². The summed E-state index contributed by atoms with van der Waals surface area (Å²) in [6, 6.07) is 7.55. The number of H-pyrrole nitrogens is 1. The number of nitrogen functional groups attached to an aromatic ring is 1. The highest BCUT2D eigenvalue weighted by Crippen LogP contribution is 2.14. The zero-order valence-electron chi connectivity index (χ0n) is 7.38. The molecule has 0 unspecified atom stereocenters. The van der Waals surface area contributed by atoms with Crippen LogP contribution in [0, 0.1) is 0 Å². The molecular formula is C9H11N3O2. The third-order valence-electron chi connectivity index (χ3n) is 1.35. The number of nitrogens with two attached hydrogens (primary N) is 1. The molecule has 0 aliphatic carbocycles. The van der Waals surface area contributed by atoms with Gasteiger partial charge < -0.3 is 15.9 Å². The summed E-state index contributed by atoms with van der Waals surface area (Å²) in [5.74, 6) is 0.782. The first-order chi connectivity index (χ1) is 6.68. The third-order valence-corrected chi connectivity index (χ3v) is 1.35. The molecule has 0 aliphatic rings. The third kappa shape index (κ3) is 3.48. The molecule has 74 valence electrons. The molecule has 0 atom stereocenters. The summed E-state index contributed by atoms with van der Waals surface area (Å²) < 4.78 is 0. The summed E-state index contributed by atoms with van der Waals surface area (Å²) in [6.45, 7) is 0. The fraction of sp³-hybridized carbons (Fsp3) is 0. The maximum Gasteiger partial charge on any atom is 0.119 e. The van der Waals surface area contributed by atoms with E-state index >= 15 is 0 Å². The van der Waals surface area contributed by atoms with Crippen molar-refractivity contribution in [1.82, 2.24) is 10.2 Å². The van der Waals surface area contributed by atoms with Gasteiger partial charge in [0.05, 0.1) is 6.20 Å². The maximum absolute atomic E-state index is 8.65. The Morgan fingerprint density at radius 1 is 1.14 bits per heavy atom. The van der Waals surface area contributed by atoms with Gasteiger partial charge in [-0.1, -0.05) is 6.07 Å². The molecule has 1 heterocycles. The Hall–Kier alpha value is -2.17. The summed E-state index contributed by atoms with van der Waals surface area (Å²) in [5.41, 5.74) is 5.16. The molecule has 5 nitrogen and oxygen atoms in total. The average molecular weight is 193 g/mol. The fourth-order valence-electron chi connectivity index (χ4n) is 0.760. The quantitative estimate of drug-likeness (QED) is 0.503. The average Bonchev–Trinajstić information content (AvgIpc) is 2.56. The number of benzene rings is 1. The van der Waals surface area contributed by atoms with Gasteiger partial charge in [-0.3, -0.25) is 5.10 Å². The normalized spacial score (nSPS) is 8.86. The monoisotopic (exact) mass is 193 g/mol. The number of hydrogen-bond donors (Lipinski definition) is 4. The standard InChI is InChI=1S/C6H6O2.C3H5N3/c7-5-2-1-3-6(8)4-5;4-3-1-2-5-6-3/h1-4,7-8H;1-2H,(H3,4,5,6). The van der Waals surface area contributed by atoms with Crippen molar-refractivity contribution in [2.24, 2.45) is 0 Å². The zero-order valence-corrected chi connectivity index (χ0v) is 7.38. The molecule has 0 spiro atoms. The summed E-state index contributed by atoms with van der Waals surface area (Å²) in [4.78, 5) is 0. The molecule has 0 fully saturated rings. The molecule has 14 heavy (non-hydrogen) atoms. The van der Waals surface area contributed by atoms with Gasteiger partial charge in [-0.15, -0.1) is 0 Å². The first kappa shape index (κ1) is 9.91. The van der Waals surface area contributed by atoms with E-state index in [1.165, 1.54) is 18.2 Å². The van der Waals surface area contributed by atoms with Gasteiger partial charge in [0.1, 0.15) is 17.3 Å². The minimum absolute atomic E-state index is 0.0880. The lowest BCUT2D eigenvalue weighted by molar-refractivity contribution is 0.450. The summed E-state index contributed by atoms with van der Waals surface area (Å²) in [7, 11) is 0. The van der Waals surface area contributed by atoms with Crippen LogP contribution in [0.4, 0.5) is 5.82 Å². The second kappa shape index (κ2) is 4.76. The highest BCUT2D eigenvalue weighted by Gasteiger charge is 1.85. The highest BCUT2D eigenvalue weighted by atomic mass is 16.3. The number of aromatic nitrogens is 2. The molecule has 0 radical (unpaired) electrons. The Labute approximate surface area is 80.8 Å². The Morgan fingerprint density at radius 2 is 1.79 bits per heavy atom. The van der Waals surface area contributed by atoms with Crippen molar-refractivity contribution in [2.45, 2.75) is 0 Å². The van der Waals surface area contributed by atoms with Crippen LogP contribution in [0.3, 0.4) is 0 Å². The number of phenols is 2. The summed E-state index contributed by atoms with van der Waals surface area (Å²) in [6.07, 6.45) is 1.61. The van der Waals surface area contributed by atoms with Crippen molar-refractivity contribution in [3.63, 3.8) is 0 Å². The van der Waals surface area contributed by atoms with Gasteiger partial charge in [0.2, 0.25) is 0 Å². The van der Waals surface area contributed by atoms with E-state index in [9.17, 15) is 0 Å². The number of anilines is 1. The molecule has 2 rings (SSSR count). The molecule has 1 aromatic heterocycles. The van der Waals surface area contributed by atoms with Crippen molar-refractivity contribution in [2.75, 3.05) is 5.73 Å². The van der Waals surface area contributed by atoms with Crippen molar-refractivity contribution in [3.8, 4) is 11.5 Å². The van der Waals surface area contributed by atoms with Crippen LogP contribution < -0.4 is 5.73 Å². The molecular weight excluding hydrogens is 182 g/mol. The van der Waals surface area contributed by atoms with Crippen molar-refractivity contribution in [1.29, 1.82) is 0 Å². The molecule has 0 saturated carbocycles. The van der Waals surface area contributed by atoms with Gasteiger partial charge in [0.25, 0.3) is 0 Å². The molecule has 5 heteroatoms. The summed E-state index contributed by atoms with van der Waals surface area (Å²) in [5, 5.41) is 23.4. The zero-order chi connectivity index (χ0) is 10.4. The topological polar surface area (TPSA) is 95.2 Å². The Balaban J connectivity index is 0.000000146. The molecule has 0 bridgehead atoms. The van der Waals surface area contributed by atoms with Crippen LogP contribution in [0.1, 0.15) is 0 Å². The van der Waals surface area contributed by atoms with Crippen molar-refractivity contribution < 1.29 is 10.2 Å². The molecule has 0 saturated heterocycles. The Kier molecular flexibility index (Phi) is 3.37. The Bertz CT molecular complexity index is 356. The molecule has 2 aromatic rings. The second-order valence-electron chi connectivity index (χ2n) is 2.53. The van der Waals surface area contributed by atoms with Crippen LogP contribution in [0.2, 0.25) is 0 Å². The summed E-state index contributed by atoms with van der Waals surface area (Å²) >= 11 is 0. The molecule has 5 N–H and O–H groups in total. The van der Waals surface area contributed by atoms with E-state index < -0.39 is 0 Å². The number of rotatable bonds is 0. The lowest BCUT2D eigenvalue weighted by Crippen LogP contribution is -1.81. The minimum Gasteiger partial charge on any atom is -0.508 e. The Morgan fingerprint density at radius 3 is 2.00 bits per heavy atom. The van der Waals surface area contributed by atoms with E-state index in [1.54, 1.807) is 18.3 Å². The van der Waals surface area contributed by atoms with E-state index in [-0.39, 0.29) is 11.5 Å². The number of hydrogen-bond acceptors (Lipinski definition) is 4. The van der Waals surface area contributed by atoms with Crippen LogP contribution in [-0.4, -0.2) is 20.4 Å². The maximum atomic E-state index is 8.65. The number of aromatic amines is 1. The van der Waals surface area contributed by atoms with Crippen molar-refractivity contribution in [3.05, 3.63) is 36.5 Å². The van der Waals surface area contributed by atoms with Gasteiger partial charge in [-0.25, -0.2) is 0 Å². The van der Waals surface area contributed by atoms with Gasteiger partial charge in [-0.05, 0) is 18.2 Å². The molecule has 0 amide bonds. The smallest absolute Gasteiger partial charge is 0.119 e. The predicted molar refractivity (Wildman–Crippen MR) is 52.8 cm³/mol. The van der Waals surface area contributed by atoms with Gasteiger partial charge in [0.15, 0.2) is 0 Å². The van der Waals surface area contributed by atoms with Gasteiger partial charge in [0, 0.05) is 6.07 Å². The van der Waals surface area contributed by atoms with E-state index in [2.05, 4.69) is 10.2 Å². The molecule has 1 aromatic carbocycles. The number of phenolic OH excluding ortho intramolecular Hbond substituents is 2. The minimum atomic E-state index is 0.0880. The predicted octanol–water partition coefficient (Wildman–Crippen LogP) is 1.09. The van der Waals surface area contributed by atoms with Crippen LogP contribution in [0.25, 0.3) is 0 Å². The highest BCUT2D eigenvalue weighted by molar-refractivity contribution is 5.30. The lowest BCUT2D eigenvalue weighted by Gasteiger charge is -1.89. The largest absolute Gasteiger partial charge is 0.508 e. The molecule has 0 aliphatic heterocycles. The first-order valence-corrected chi connectivity index (χ1v) is 3.91. The van der Waals surface area contributed by atoms with E-state index in [4.69, 9.17) is 15.9 Å². The van der Waals surface area contributed by atoms with E-state index in [0.717, 1.165) is 0 Å². The first-order valence-electron chi connectivity index (χ1n) is 3.91. The van der Waals surface area contributed by atoms with Gasteiger partial charge >= 0.3 is 0 Å². The number of aromatic hydroxyl groups is 2. The van der Waals surface area contributed by atoms with E-state index in [1.807, 2.05) is 0 Å². The SMILES string of the molecule is Nc1ccn[nH]1.Oc1cccc(O)c1. The lowest BCUT2D eigenvalue weighted by atomic mass is 10.3. The number of nitrogens with zero attached hydrogens (tertiary/aromatic N) is 1.